The standard InChI is InChI=1S/C20H16O7/c1-20(2)4-3-9-5-10(6-13(23)18(9)27-20)19-17(25)16(24)15-12(22)7-11(21)8-14(15)26-19/h3-8,21-23,25H,1-2H3. The Hall–Kier alpha value is -3.61. The minimum Gasteiger partial charge on any atom is -0.508 e. The van der Waals surface area contributed by atoms with Crippen LogP contribution in [0.3, 0.4) is 0 Å². The molecule has 4 N–H and O–H groups in total. The van der Waals surface area contributed by atoms with Crippen LogP contribution in [0.5, 0.6) is 28.7 Å². The minimum absolute atomic E-state index is 0.101. The molecule has 0 amide bonds. The monoisotopic (exact) mass is 368 g/mol. The van der Waals surface area contributed by atoms with E-state index < -0.39 is 22.5 Å². The second-order valence-electron chi connectivity index (χ2n) is 6.90. The quantitative estimate of drug-likeness (QED) is 0.519. The van der Waals surface area contributed by atoms with Crippen LogP contribution in [0.15, 0.2) is 39.6 Å². The summed E-state index contributed by atoms with van der Waals surface area (Å²) in [6.45, 7) is 3.68. The maximum atomic E-state index is 12.5. The molecule has 1 aliphatic rings. The van der Waals surface area contributed by atoms with Gasteiger partial charge in [0, 0.05) is 23.3 Å². The third kappa shape index (κ3) is 2.64. The minimum atomic E-state index is -0.853. The van der Waals surface area contributed by atoms with Gasteiger partial charge in [0.15, 0.2) is 17.3 Å². The highest BCUT2D eigenvalue weighted by Crippen LogP contribution is 2.43. The van der Waals surface area contributed by atoms with Gasteiger partial charge in [0.2, 0.25) is 11.2 Å². The van der Waals surface area contributed by atoms with E-state index in [0.717, 1.165) is 12.1 Å². The molecule has 0 aliphatic carbocycles. The molecule has 0 spiro atoms. The lowest BCUT2D eigenvalue weighted by molar-refractivity contribution is 0.153. The van der Waals surface area contributed by atoms with Gasteiger partial charge >= 0.3 is 0 Å². The Morgan fingerprint density at radius 1 is 0.963 bits per heavy atom. The number of fused-ring (bicyclic) bond motifs is 2. The van der Waals surface area contributed by atoms with E-state index in [9.17, 15) is 25.2 Å². The van der Waals surface area contributed by atoms with Crippen molar-refractivity contribution in [3.8, 4) is 40.1 Å². The fourth-order valence-corrected chi connectivity index (χ4v) is 3.06. The van der Waals surface area contributed by atoms with Crippen molar-refractivity contribution >= 4 is 17.0 Å². The van der Waals surface area contributed by atoms with Crippen molar-refractivity contribution in [1.82, 2.24) is 0 Å². The molecule has 0 unspecified atom stereocenters. The molecule has 0 radical (unpaired) electrons. The molecule has 7 heteroatoms. The largest absolute Gasteiger partial charge is 0.508 e. The smallest absolute Gasteiger partial charge is 0.238 e. The van der Waals surface area contributed by atoms with Gasteiger partial charge in [-0.25, -0.2) is 0 Å². The summed E-state index contributed by atoms with van der Waals surface area (Å²) in [6, 6.07) is 5.03. The molecule has 2 heterocycles. The van der Waals surface area contributed by atoms with E-state index in [4.69, 9.17) is 9.15 Å². The number of ether oxygens (including phenoxy) is 1. The Morgan fingerprint density at radius 2 is 1.70 bits per heavy atom. The first kappa shape index (κ1) is 16.8. The molecule has 4 rings (SSSR count). The molecule has 1 aliphatic heterocycles. The van der Waals surface area contributed by atoms with Crippen molar-refractivity contribution < 1.29 is 29.6 Å². The van der Waals surface area contributed by atoms with Gasteiger partial charge in [-0.05, 0) is 32.1 Å². The summed E-state index contributed by atoms with van der Waals surface area (Å²) in [5.41, 5.74) is -0.758. The second kappa shape index (κ2) is 5.44. The van der Waals surface area contributed by atoms with Gasteiger partial charge in [0.1, 0.15) is 28.1 Å². The maximum absolute atomic E-state index is 12.5. The lowest BCUT2D eigenvalue weighted by Gasteiger charge is -2.28. The zero-order valence-electron chi connectivity index (χ0n) is 14.5. The first-order chi connectivity index (χ1) is 12.7. The fraction of sp³-hybridized carbons (Fsp3) is 0.150. The van der Waals surface area contributed by atoms with E-state index in [2.05, 4.69) is 0 Å². The molecule has 2 aromatic carbocycles. The van der Waals surface area contributed by atoms with Crippen molar-refractivity contribution in [2.24, 2.45) is 0 Å². The Bertz CT molecular complexity index is 1190. The molecule has 0 saturated carbocycles. The van der Waals surface area contributed by atoms with Crippen LogP contribution in [0.4, 0.5) is 0 Å². The molecule has 1 aromatic heterocycles. The molecule has 3 aromatic rings. The number of hydrogen-bond donors (Lipinski definition) is 4. The lowest BCUT2D eigenvalue weighted by atomic mass is 9.99. The van der Waals surface area contributed by atoms with Crippen LogP contribution in [-0.2, 0) is 0 Å². The first-order valence-electron chi connectivity index (χ1n) is 8.14. The average Bonchev–Trinajstić information content (AvgIpc) is 2.57. The predicted octanol–water partition coefficient (Wildman–Crippen LogP) is 3.47. The summed E-state index contributed by atoms with van der Waals surface area (Å²) in [5.74, 6) is -1.62. The number of benzene rings is 2. The van der Waals surface area contributed by atoms with Gasteiger partial charge in [-0.2, -0.15) is 0 Å². The highest BCUT2D eigenvalue weighted by molar-refractivity contribution is 5.88. The molecule has 0 atom stereocenters. The SMILES string of the molecule is CC1(C)C=Cc2cc(-c3oc4cc(O)cc(O)c4c(=O)c3O)cc(O)c2O1. The normalized spacial score (nSPS) is 14.7. The van der Waals surface area contributed by atoms with Crippen LogP contribution < -0.4 is 10.2 Å². The molecular weight excluding hydrogens is 352 g/mol. The summed E-state index contributed by atoms with van der Waals surface area (Å²) in [7, 11) is 0. The Kier molecular flexibility index (Phi) is 3.39. The van der Waals surface area contributed by atoms with E-state index in [1.165, 1.54) is 6.07 Å². The zero-order valence-corrected chi connectivity index (χ0v) is 14.5. The Labute approximate surface area is 153 Å². The van der Waals surface area contributed by atoms with Gasteiger partial charge in [-0.3, -0.25) is 4.79 Å². The lowest BCUT2D eigenvalue weighted by Crippen LogP contribution is -2.27. The highest BCUT2D eigenvalue weighted by Gasteiger charge is 2.26. The van der Waals surface area contributed by atoms with Gasteiger partial charge in [-0.15, -0.1) is 0 Å². The summed E-state index contributed by atoms with van der Waals surface area (Å²) >= 11 is 0. The molecule has 0 saturated heterocycles. The van der Waals surface area contributed by atoms with Crippen LogP contribution in [0.25, 0.3) is 28.4 Å². The van der Waals surface area contributed by atoms with Crippen LogP contribution in [0.1, 0.15) is 19.4 Å². The van der Waals surface area contributed by atoms with Crippen molar-refractivity contribution in [3.05, 3.63) is 46.1 Å². The van der Waals surface area contributed by atoms with E-state index >= 15 is 0 Å². The third-order valence-electron chi connectivity index (χ3n) is 4.32. The molecule has 0 bridgehead atoms. The van der Waals surface area contributed by atoms with E-state index in [-0.39, 0.29) is 39.5 Å². The Morgan fingerprint density at radius 3 is 2.44 bits per heavy atom. The van der Waals surface area contributed by atoms with Crippen molar-refractivity contribution in [1.29, 1.82) is 0 Å². The van der Waals surface area contributed by atoms with Crippen molar-refractivity contribution in [2.45, 2.75) is 19.4 Å². The molecule has 0 fully saturated rings. The summed E-state index contributed by atoms with van der Waals surface area (Å²) in [5, 5.41) is 39.9. The molecule has 138 valence electrons. The average molecular weight is 368 g/mol. The van der Waals surface area contributed by atoms with Gasteiger partial charge < -0.3 is 29.6 Å². The van der Waals surface area contributed by atoms with E-state index in [1.807, 2.05) is 19.9 Å². The summed E-state index contributed by atoms with van der Waals surface area (Å²) < 4.78 is 11.3. The first-order valence-corrected chi connectivity index (χ1v) is 8.14. The van der Waals surface area contributed by atoms with Crippen LogP contribution >= 0.6 is 0 Å². The zero-order chi connectivity index (χ0) is 19.5. The predicted molar refractivity (Wildman–Crippen MR) is 98.3 cm³/mol. The van der Waals surface area contributed by atoms with E-state index in [0.29, 0.717) is 5.56 Å². The number of aromatic hydroxyl groups is 4. The van der Waals surface area contributed by atoms with Gasteiger partial charge in [0.05, 0.1) is 0 Å². The fourth-order valence-electron chi connectivity index (χ4n) is 3.06. The second-order valence-corrected chi connectivity index (χ2v) is 6.90. The third-order valence-corrected chi connectivity index (χ3v) is 4.32. The van der Waals surface area contributed by atoms with Crippen LogP contribution in [0, 0.1) is 0 Å². The van der Waals surface area contributed by atoms with Crippen LogP contribution in [0.2, 0.25) is 0 Å². The van der Waals surface area contributed by atoms with Gasteiger partial charge in [0.25, 0.3) is 0 Å². The van der Waals surface area contributed by atoms with Crippen molar-refractivity contribution in [3.63, 3.8) is 0 Å². The summed E-state index contributed by atoms with van der Waals surface area (Å²) in [6.07, 6.45) is 3.57. The van der Waals surface area contributed by atoms with Crippen LogP contribution in [-0.4, -0.2) is 26.0 Å². The number of rotatable bonds is 1. The summed E-state index contributed by atoms with van der Waals surface area (Å²) in [4.78, 5) is 12.5. The molecule has 27 heavy (non-hydrogen) atoms. The number of hydrogen-bond acceptors (Lipinski definition) is 7. The van der Waals surface area contributed by atoms with E-state index in [1.54, 1.807) is 12.1 Å². The Balaban J connectivity index is 1.97. The van der Waals surface area contributed by atoms with Crippen molar-refractivity contribution in [2.75, 3.05) is 0 Å². The highest BCUT2D eigenvalue weighted by atomic mass is 16.5. The van der Waals surface area contributed by atoms with Gasteiger partial charge in [-0.1, -0.05) is 6.08 Å². The maximum Gasteiger partial charge on any atom is 0.238 e. The molecule has 7 nitrogen and oxygen atoms in total. The topological polar surface area (TPSA) is 120 Å². The number of phenols is 3. The number of phenolic OH excluding ortho intramolecular Hbond substituents is 3. The molecular formula is C20H16O7.